The molecule has 0 fully saturated rings. The molecule has 0 spiro atoms. The number of ether oxygens (including phenoxy) is 1. The lowest BCUT2D eigenvalue weighted by Gasteiger charge is -2.24. The first-order valence-electron chi connectivity index (χ1n) is 9.88. The highest BCUT2D eigenvalue weighted by Crippen LogP contribution is 2.38. The van der Waals surface area contributed by atoms with Gasteiger partial charge in [-0.15, -0.1) is 10.2 Å². The number of methoxy groups -OCH3 is 1. The molecule has 1 aromatic carbocycles. The van der Waals surface area contributed by atoms with E-state index in [-0.39, 0.29) is 16.8 Å². The minimum absolute atomic E-state index is 0.141. The fraction of sp³-hybridized carbons (Fsp3) is 0.261. The van der Waals surface area contributed by atoms with Gasteiger partial charge in [0.15, 0.2) is 5.82 Å². The van der Waals surface area contributed by atoms with Crippen LogP contribution < -0.4 is 15.0 Å². The van der Waals surface area contributed by atoms with Crippen molar-refractivity contribution in [2.75, 3.05) is 18.1 Å². The van der Waals surface area contributed by atoms with Crippen LogP contribution in [0.3, 0.4) is 0 Å². The molecule has 0 bridgehead atoms. The lowest BCUT2D eigenvalue weighted by molar-refractivity contribution is 0.397. The standard InChI is InChI=1S/C23H26N4O4S/c1-23(2,3)19-14-16(18-7-6-12-24-22(18)28)13-15(21(19)31-4)8-9-17-10-11-20(26-25-17)27-32(5,29)30/h6-14H,1-5H3,(H,24,28)(H,26,27). The van der Waals surface area contributed by atoms with Crippen LogP contribution in [0.15, 0.2) is 47.4 Å². The molecule has 0 unspecified atom stereocenters. The predicted molar refractivity (Wildman–Crippen MR) is 127 cm³/mol. The number of nitrogens with zero attached hydrogens (tertiary/aromatic N) is 2. The Morgan fingerprint density at radius 1 is 1.09 bits per heavy atom. The molecule has 2 aromatic heterocycles. The minimum Gasteiger partial charge on any atom is -0.496 e. The van der Waals surface area contributed by atoms with E-state index in [4.69, 9.17) is 4.74 Å². The van der Waals surface area contributed by atoms with Gasteiger partial charge in [-0.25, -0.2) is 8.42 Å². The molecule has 0 radical (unpaired) electrons. The first kappa shape index (κ1) is 23.2. The Labute approximate surface area is 187 Å². The van der Waals surface area contributed by atoms with E-state index in [0.29, 0.717) is 17.0 Å². The van der Waals surface area contributed by atoms with Crippen molar-refractivity contribution in [1.82, 2.24) is 15.2 Å². The van der Waals surface area contributed by atoms with Gasteiger partial charge in [-0.1, -0.05) is 20.8 Å². The van der Waals surface area contributed by atoms with E-state index in [9.17, 15) is 13.2 Å². The van der Waals surface area contributed by atoms with Crippen LogP contribution in [0.25, 0.3) is 23.3 Å². The van der Waals surface area contributed by atoms with Crippen LogP contribution in [0, 0.1) is 0 Å². The number of hydrogen-bond acceptors (Lipinski definition) is 6. The zero-order valence-electron chi connectivity index (χ0n) is 18.6. The average Bonchev–Trinajstić information content (AvgIpc) is 2.71. The fourth-order valence-electron chi connectivity index (χ4n) is 3.22. The highest BCUT2D eigenvalue weighted by Gasteiger charge is 2.22. The molecule has 3 rings (SSSR count). The highest BCUT2D eigenvalue weighted by molar-refractivity contribution is 7.92. The summed E-state index contributed by atoms with van der Waals surface area (Å²) in [6.45, 7) is 6.24. The summed E-state index contributed by atoms with van der Waals surface area (Å²) in [4.78, 5) is 15.1. The minimum atomic E-state index is -3.42. The van der Waals surface area contributed by atoms with Crippen LogP contribution in [0.2, 0.25) is 0 Å². The Morgan fingerprint density at radius 2 is 1.84 bits per heavy atom. The molecule has 9 heteroatoms. The van der Waals surface area contributed by atoms with Gasteiger partial charge >= 0.3 is 0 Å². The molecule has 0 aliphatic heterocycles. The molecule has 0 saturated carbocycles. The third kappa shape index (κ3) is 5.61. The Kier molecular flexibility index (Phi) is 6.50. The zero-order chi connectivity index (χ0) is 23.5. The highest BCUT2D eigenvalue weighted by atomic mass is 32.2. The maximum atomic E-state index is 12.4. The molecule has 3 aromatic rings. The van der Waals surface area contributed by atoms with Gasteiger partial charge in [-0.3, -0.25) is 9.52 Å². The fourth-order valence-corrected chi connectivity index (χ4v) is 3.70. The summed E-state index contributed by atoms with van der Waals surface area (Å²) in [5.74, 6) is 0.843. The summed E-state index contributed by atoms with van der Waals surface area (Å²) in [5.41, 5.74) is 3.20. The van der Waals surface area contributed by atoms with Crippen LogP contribution in [0.4, 0.5) is 5.82 Å². The first-order valence-corrected chi connectivity index (χ1v) is 11.8. The predicted octanol–water partition coefficient (Wildman–Crippen LogP) is 3.68. The average molecular weight is 455 g/mol. The summed E-state index contributed by atoms with van der Waals surface area (Å²) in [7, 11) is -1.81. The lowest BCUT2D eigenvalue weighted by atomic mass is 9.83. The van der Waals surface area contributed by atoms with Crippen molar-refractivity contribution in [3.05, 3.63) is 69.8 Å². The lowest BCUT2D eigenvalue weighted by Crippen LogP contribution is -2.15. The van der Waals surface area contributed by atoms with E-state index >= 15 is 0 Å². The number of pyridine rings is 1. The maximum Gasteiger partial charge on any atom is 0.255 e. The third-order valence-corrected chi connectivity index (χ3v) is 5.25. The van der Waals surface area contributed by atoms with Gasteiger partial charge < -0.3 is 9.72 Å². The van der Waals surface area contributed by atoms with Gasteiger partial charge in [0.25, 0.3) is 5.56 Å². The zero-order valence-corrected chi connectivity index (χ0v) is 19.4. The number of sulfonamides is 1. The van der Waals surface area contributed by atoms with Crippen LogP contribution in [0.1, 0.15) is 37.6 Å². The van der Waals surface area contributed by atoms with Crippen molar-refractivity contribution in [1.29, 1.82) is 0 Å². The summed E-state index contributed by atoms with van der Waals surface area (Å²) >= 11 is 0. The first-order chi connectivity index (χ1) is 15.0. The van der Waals surface area contributed by atoms with E-state index in [1.165, 1.54) is 6.07 Å². The van der Waals surface area contributed by atoms with Crippen molar-refractivity contribution in [3.63, 3.8) is 0 Å². The van der Waals surface area contributed by atoms with Gasteiger partial charge in [-0.2, -0.15) is 0 Å². The van der Waals surface area contributed by atoms with Gasteiger partial charge in [0.05, 0.1) is 19.1 Å². The second-order valence-electron chi connectivity index (χ2n) is 8.36. The van der Waals surface area contributed by atoms with Gasteiger partial charge in [0.2, 0.25) is 10.0 Å². The van der Waals surface area contributed by atoms with Crippen LogP contribution in [-0.2, 0) is 15.4 Å². The maximum absolute atomic E-state index is 12.4. The molecular weight excluding hydrogens is 428 g/mol. The molecule has 8 nitrogen and oxygen atoms in total. The molecule has 0 amide bonds. The molecule has 0 atom stereocenters. The molecule has 2 heterocycles. The molecule has 0 saturated heterocycles. The topological polar surface area (TPSA) is 114 Å². The van der Waals surface area contributed by atoms with Gasteiger partial charge in [0, 0.05) is 22.9 Å². The molecule has 2 N–H and O–H groups in total. The molecule has 32 heavy (non-hydrogen) atoms. The molecule has 0 aliphatic carbocycles. The summed E-state index contributed by atoms with van der Waals surface area (Å²) in [6.07, 6.45) is 6.23. The van der Waals surface area contributed by atoms with Crippen LogP contribution >= 0.6 is 0 Å². The summed E-state index contributed by atoms with van der Waals surface area (Å²) < 4.78 is 30.7. The monoisotopic (exact) mass is 454 g/mol. The van der Waals surface area contributed by atoms with E-state index in [1.807, 2.05) is 18.2 Å². The number of nitrogens with one attached hydrogen (secondary N) is 2. The summed E-state index contributed by atoms with van der Waals surface area (Å²) in [6, 6.07) is 10.6. The van der Waals surface area contributed by atoms with Crippen molar-refractivity contribution in [2.45, 2.75) is 26.2 Å². The largest absolute Gasteiger partial charge is 0.496 e. The SMILES string of the molecule is COc1c(C=Cc2ccc(NS(C)(=O)=O)nn2)cc(-c2ccc[nH]c2=O)cc1C(C)(C)C. The molecule has 168 valence electrons. The Hall–Kier alpha value is -3.46. The van der Waals surface area contributed by atoms with E-state index < -0.39 is 10.0 Å². The number of H-pyrrole nitrogens is 1. The number of anilines is 1. The number of hydrogen-bond donors (Lipinski definition) is 2. The number of aromatic amines is 1. The van der Waals surface area contributed by atoms with Crippen LogP contribution in [0.5, 0.6) is 5.75 Å². The Balaban J connectivity index is 2.07. The molecular formula is C23H26N4O4S. The normalized spacial score (nSPS) is 12.2. The number of benzene rings is 1. The van der Waals surface area contributed by atoms with Crippen molar-refractivity contribution in [2.24, 2.45) is 0 Å². The van der Waals surface area contributed by atoms with E-state index in [1.54, 1.807) is 37.6 Å². The number of aromatic nitrogens is 3. The van der Waals surface area contributed by atoms with E-state index in [2.05, 4.69) is 40.7 Å². The second kappa shape index (κ2) is 8.96. The van der Waals surface area contributed by atoms with E-state index in [0.717, 1.165) is 22.9 Å². The molecule has 0 aliphatic rings. The Bertz CT molecular complexity index is 1310. The smallest absolute Gasteiger partial charge is 0.255 e. The van der Waals surface area contributed by atoms with Crippen LogP contribution in [-0.4, -0.2) is 37.0 Å². The van der Waals surface area contributed by atoms with Gasteiger partial charge in [0.1, 0.15) is 5.75 Å². The quantitative estimate of drug-likeness (QED) is 0.587. The van der Waals surface area contributed by atoms with Gasteiger partial charge in [-0.05, 0) is 59.5 Å². The van der Waals surface area contributed by atoms with Crippen molar-refractivity contribution >= 4 is 28.0 Å². The summed E-state index contributed by atoms with van der Waals surface area (Å²) in [5, 5.41) is 7.92. The number of rotatable bonds is 6. The van der Waals surface area contributed by atoms with Crippen molar-refractivity contribution in [3.8, 4) is 16.9 Å². The second-order valence-corrected chi connectivity index (χ2v) is 10.1. The Morgan fingerprint density at radius 3 is 2.41 bits per heavy atom. The van der Waals surface area contributed by atoms with Crippen molar-refractivity contribution < 1.29 is 13.2 Å². The third-order valence-electron chi connectivity index (χ3n) is 4.67.